The molecule has 1 aromatic rings. The Hall–Kier alpha value is -0.820. The molecule has 0 fully saturated rings. The van der Waals surface area contributed by atoms with Crippen LogP contribution in [0.25, 0.3) is 0 Å². The summed E-state index contributed by atoms with van der Waals surface area (Å²) in [6.45, 7) is 4.59. The highest BCUT2D eigenvalue weighted by molar-refractivity contribution is 5.32. The molecule has 1 aliphatic carbocycles. The van der Waals surface area contributed by atoms with Gasteiger partial charge in [0.25, 0.3) is 0 Å². The van der Waals surface area contributed by atoms with Gasteiger partial charge in [-0.15, -0.1) is 0 Å². The predicted molar refractivity (Wildman–Crippen MR) is 78.9 cm³/mol. The average molecular weight is 245 g/mol. The molecule has 1 heteroatoms. The first kappa shape index (κ1) is 13.6. The molecule has 1 aromatic carbocycles. The van der Waals surface area contributed by atoms with Crippen molar-refractivity contribution in [2.24, 2.45) is 0 Å². The first-order valence-corrected chi connectivity index (χ1v) is 7.69. The number of fused-ring (bicyclic) bond motifs is 1. The second-order valence-electron chi connectivity index (χ2n) is 5.56. The largest absolute Gasteiger partial charge is 0.307 e. The Labute approximate surface area is 112 Å². The van der Waals surface area contributed by atoms with Crippen molar-refractivity contribution in [1.82, 2.24) is 5.32 Å². The van der Waals surface area contributed by atoms with Crippen LogP contribution in [0.2, 0.25) is 0 Å². The van der Waals surface area contributed by atoms with E-state index >= 15 is 0 Å². The minimum atomic E-state index is 0.594. The normalized spacial score (nSPS) is 20.4. The van der Waals surface area contributed by atoms with Gasteiger partial charge in [-0.1, -0.05) is 51.0 Å². The van der Waals surface area contributed by atoms with Gasteiger partial charge in [-0.05, 0) is 43.2 Å². The van der Waals surface area contributed by atoms with Gasteiger partial charge in [0.1, 0.15) is 0 Å². The van der Waals surface area contributed by atoms with Gasteiger partial charge in [0.05, 0.1) is 0 Å². The van der Waals surface area contributed by atoms with E-state index in [2.05, 4.69) is 43.4 Å². The summed E-state index contributed by atoms with van der Waals surface area (Å²) in [7, 11) is 0. The Balaban J connectivity index is 2.01. The zero-order valence-corrected chi connectivity index (χ0v) is 11.9. The minimum absolute atomic E-state index is 0.594. The smallest absolute Gasteiger partial charge is 0.0325 e. The lowest BCUT2D eigenvalue weighted by Crippen LogP contribution is -2.34. The molecule has 0 spiro atoms. The Bertz CT molecular complexity index is 358. The highest BCUT2D eigenvalue weighted by Gasteiger charge is 2.21. The predicted octanol–water partition coefficient (Wildman–Crippen LogP) is 4.62. The molecule has 0 heterocycles. The number of hydrogen-bond acceptors (Lipinski definition) is 1. The lowest BCUT2D eigenvalue weighted by atomic mass is 9.87. The zero-order chi connectivity index (χ0) is 12.8. The Morgan fingerprint density at radius 1 is 1.28 bits per heavy atom. The van der Waals surface area contributed by atoms with E-state index in [0.717, 1.165) is 0 Å². The Morgan fingerprint density at radius 3 is 2.89 bits per heavy atom. The molecular formula is C17H27N. The van der Waals surface area contributed by atoms with Crippen molar-refractivity contribution in [2.75, 3.05) is 0 Å². The molecule has 2 atom stereocenters. The van der Waals surface area contributed by atoms with Gasteiger partial charge < -0.3 is 5.32 Å². The van der Waals surface area contributed by atoms with Gasteiger partial charge >= 0.3 is 0 Å². The molecule has 1 aliphatic rings. The van der Waals surface area contributed by atoms with Crippen LogP contribution in [0.4, 0.5) is 0 Å². The molecular weight excluding hydrogens is 218 g/mol. The molecule has 0 bridgehead atoms. The van der Waals surface area contributed by atoms with Crippen LogP contribution < -0.4 is 5.32 Å². The molecule has 1 N–H and O–H groups in total. The number of benzene rings is 1. The van der Waals surface area contributed by atoms with Crippen LogP contribution >= 0.6 is 0 Å². The summed E-state index contributed by atoms with van der Waals surface area (Å²) in [5.41, 5.74) is 3.12. The van der Waals surface area contributed by atoms with Gasteiger partial charge in [-0.3, -0.25) is 0 Å². The standard InChI is InChI=1S/C17H27N/c1-3-5-11-15(4-2)18-17-13-8-10-14-9-6-7-12-16(14)17/h6-7,9,12,15,17-18H,3-5,8,10-11,13H2,1-2H3. The van der Waals surface area contributed by atoms with Crippen LogP contribution in [0.3, 0.4) is 0 Å². The highest BCUT2D eigenvalue weighted by atomic mass is 14.9. The van der Waals surface area contributed by atoms with Gasteiger partial charge in [0, 0.05) is 12.1 Å². The molecule has 18 heavy (non-hydrogen) atoms. The van der Waals surface area contributed by atoms with Crippen LogP contribution in [0.5, 0.6) is 0 Å². The van der Waals surface area contributed by atoms with E-state index < -0.39 is 0 Å². The molecule has 0 aromatic heterocycles. The lowest BCUT2D eigenvalue weighted by Gasteiger charge is -2.30. The molecule has 2 rings (SSSR count). The van der Waals surface area contributed by atoms with E-state index in [4.69, 9.17) is 0 Å². The van der Waals surface area contributed by atoms with Crippen molar-refractivity contribution in [3.63, 3.8) is 0 Å². The maximum atomic E-state index is 3.90. The molecule has 0 saturated heterocycles. The van der Waals surface area contributed by atoms with Crippen molar-refractivity contribution < 1.29 is 0 Å². The van der Waals surface area contributed by atoms with E-state index in [0.29, 0.717) is 12.1 Å². The van der Waals surface area contributed by atoms with Crippen molar-refractivity contribution in [3.8, 4) is 0 Å². The van der Waals surface area contributed by atoms with E-state index in [1.54, 1.807) is 11.1 Å². The average Bonchev–Trinajstić information content (AvgIpc) is 2.43. The van der Waals surface area contributed by atoms with Crippen molar-refractivity contribution >= 4 is 0 Å². The van der Waals surface area contributed by atoms with E-state index in [1.165, 1.54) is 44.9 Å². The maximum Gasteiger partial charge on any atom is 0.0325 e. The Kier molecular flexibility index (Phi) is 5.25. The monoisotopic (exact) mass is 245 g/mol. The third kappa shape index (κ3) is 3.35. The van der Waals surface area contributed by atoms with Crippen LogP contribution in [0.1, 0.15) is 69.5 Å². The number of hydrogen-bond donors (Lipinski definition) is 1. The van der Waals surface area contributed by atoms with E-state index in [9.17, 15) is 0 Å². The van der Waals surface area contributed by atoms with Gasteiger partial charge in [0.2, 0.25) is 0 Å². The zero-order valence-electron chi connectivity index (χ0n) is 11.9. The molecule has 0 saturated carbocycles. The molecule has 0 amide bonds. The number of rotatable bonds is 6. The summed E-state index contributed by atoms with van der Waals surface area (Å²) in [5.74, 6) is 0. The van der Waals surface area contributed by atoms with Crippen molar-refractivity contribution in [2.45, 2.75) is 70.9 Å². The third-order valence-corrected chi connectivity index (χ3v) is 4.21. The lowest BCUT2D eigenvalue weighted by molar-refractivity contribution is 0.366. The molecule has 100 valence electrons. The molecule has 2 unspecified atom stereocenters. The maximum absolute atomic E-state index is 3.90. The Morgan fingerprint density at radius 2 is 2.11 bits per heavy atom. The van der Waals surface area contributed by atoms with Gasteiger partial charge in [-0.25, -0.2) is 0 Å². The quantitative estimate of drug-likeness (QED) is 0.771. The van der Waals surface area contributed by atoms with Gasteiger partial charge in [0.15, 0.2) is 0 Å². The summed E-state index contributed by atoms with van der Waals surface area (Å²) in [4.78, 5) is 0. The van der Waals surface area contributed by atoms with Crippen LogP contribution in [-0.2, 0) is 6.42 Å². The van der Waals surface area contributed by atoms with Crippen LogP contribution in [0.15, 0.2) is 24.3 Å². The first-order chi connectivity index (χ1) is 8.85. The fourth-order valence-corrected chi connectivity index (χ4v) is 3.07. The molecule has 0 aliphatic heterocycles. The number of unbranched alkanes of at least 4 members (excludes halogenated alkanes) is 1. The van der Waals surface area contributed by atoms with Gasteiger partial charge in [-0.2, -0.15) is 0 Å². The fraction of sp³-hybridized carbons (Fsp3) is 0.647. The molecule has 0 radical (unpaired) electrons. The van der Waals surface area contributed by atoms with E-state index in [1.807, 2.05) is 0 Å². The third-order valence-electron chi connectivity index (χ3n) is 4.21. The number of aryl methyl sites for hydroxylation is 1. The summed E-state index contributed by atoms with van der Waals surface area (Å²) in [6.07, 6.45) is 9.13. The second kappa shape index (κ2) is 6.94. The minimum Gasteiger partial charge on any atom is -0.307 e. The van der Waals surface area contributed by atoms with Crippen molar-refractivity contribution in [3.05, 3.63) is 35.4 Å². The highest BCUT2D eigenvalue weighted by Crippen LogP contribution is 2.30. The topological polar surface area (TPSA) is 12.0 Å². The first-order valence-electron chi connectivity index (χ1n) is 7.69. The van der Waals surface area contributed by atoms with E-state index in [-0.39, 0.29) is 0 Å². The molecule has 1 nitrogen and oxygen atoms in total. The number of nitrogens with one attached hydrogen (secondary N) is 1. The summed E-state index contributed by atoms with van der Waals surface area (Å²) in [5, 5.41) is 3.90. The summed E-state index contributed by atoms with van der Waals surface area (Å²) in [6, 6.07) is 10.3. The summed E-state index contributed by atoms with van der Waals surface area (Å²) >= 11 is 0. The van der Waals surface area contributed by atoms with Crippen LogP contribution in [0, 0.1) is 0 Å². The SMILES string of the molecule is CCCCC(CC)NC1CCCc2ccccc21. The fourth-order valence-electron chi connectivity index (χ4n) is 3.07. The second-order valence-corrected chi connectivity index (χ2v) is 5.56. The summed E-state index contributed by atoms with van der Waals surface area (Å²) < 4.78 is 0. The van der Waals surface area contributed by atoms with Crippen molar-refractivity contribution in [1.29, 1.82) is 0 Å². The van der Waals surface area contributed by atoms with Crippen LogP contribution in [-0.4, -0.2) is 6.04 Å².